The summed E-state index contributed by atoms with van der Waals surface area (Å²) in [7, 11) is 0. The maximum Gasteiger partial charge on any atom is 0.258 e. The van der Waals surface area contributed by atoms with Gasteiger partial charge in [-0.25, -0.2) is 0 Å². The molecule has 5 heteroatoms. The van der Waals surface area contributed by atoms with E-state index in [9.17, 15) is 9.59 Å². The third kappa shape index (κ3) is 3.44. The highest BCUT2D eigenvalue weighted by Crippen LogP contribution is 2.23. The van der Waals surface area contributed by atoms with E-state index in [0.29, 0.717) is 18.7 Å². The van der Waals surface area contributed by atoms with Crippen LogP contribution < -0.4 is 15.4 Å². The number of hydrogen-bond donors (Lipinski definition) is 2. The van der Waals surface area contributed by atoms with Crippen LogP contribution in [0.5, 0.6) is 5.75 Å². The van der Waals surface area contributed by atoms with Crippen LogP contribution in [0.4, 0.5) is 5.69 Å². The quantitative estimate of drug-likeness (QED) is 0.885. The molecule has 0 bridgehead atoms. The second kappa shape index (κ2) is 6.30. The van der Waals surface area contributed by atoms with Crippen LogP contribution in [-0.4, -0.2) is 18.4 Å². The van der Waals surface area contributed by atoms with Gasteiger partial charge in [-0.15, -0.1) is 0 Å². The van der Waals surface area contributed by atoms with E-state index in [1.807, 2.05) is 36.4 Å². The lowest BCUT2D eigenvalue weighted by Gasteiger charge is -2.08. The molecule has 0 aliphatic carbocycles. The fraction of sp³-hybridized carbons (Fsp3) is 0.176. The van der Waals surface area contributed by atoms with E-state index in [4.69, 9.17) is 4.74 Å². The molecule has 0 saturated heterocycles. The second-order valence-electron chi connectivity index (χ2n) is 5.09. The SMILES string of the molecule is O=C(COc1ccccc1)NCc1ccc2c(c1)CC(=O)N2. The number of nitrogens with one attached hydrogen (secondary N) is 2. The lowest BCUT2D eigenvalue weighted by atomic mass is 10.1. The molecular formula is C17H16N2O3. The largest absolute Gasteiger partial charge is 0.484 e. The van der Waals surface area contributed by atoms with E-state index in [1.54, 1.807) is 12.1 Å². The van der Waals surface area contributed by atoms with Gasteiger partial charge in [0.1, 0.15) is 5.75 Å². The van der Waals surface area contributed by atoms with E-state index < -0.39 is 0 Å². The van der Waals surface area contributed by atoms with Crippen LogP contribution >= 0.6 is 0 Å². The topological polar surface area (TPSA) is 67.4 Å². The number of carbonyl (C=O) groups is 2. The summed E-state index contributed by atoms with van der Waals surface area (Å²) >= 11 is 0. The van der Waals surface area contributed by atoms with Gasteiger partial charge in [0.25, 0.3) is 5.91 Å². The highest BCUT2D eigenvalue weighted by atomic mass is 16.5. The van der Waals surface area contributed by atoms with Crippen molar-refractivity contribution in [3.63, 3.8) is 0 Å². The molecule has 2 aromatic carbocycles. The predicted molar refractivity (Wildman–Crippen MR) is 82.6 cm³/mol. The van der Waals surface area contributed by atoms with Crippen molar-refractivity contribution in [2.24, 2.45) is 0 Å². The first-order chi connectivity index (χ1) is 10.7. The molecule has 2 N–H and O–H groups in total. The van der Waals surface area contributed by atoms with Crippen LogP contribution in [0.25, 0.3) is 0 Å². The molecule has 5 nitrogen and oxygen atoms in total. The Kier molecular flexibility index (Phi) is 4.05. The maximum absolute atomic E-state index is 11.8. The molecule has 1 heterocycles. The van der Waals surface area contributed by atoms with Gasteiger partial charge in [0.2, 0.25) is 5.91 Å². The van der Waals surface area contributed by atoms with Gasteiger partial charge in [-0.1, -0.05) is 30.3 Å². The summed E-state index contributed by atoms with van der Waals surface area (Å²) in [5.41, 5.74) is 2.79. The van der Waals surface area contributed by atoms with Gasteiger partial charge in [-0.2, -0.15) is 0 Å². The van der Waals surface area contributed by atoms with Crippen molar-refractivity contribution in [3.05, 3.63) is 59.7 Å². The highest BCUT2D eigenvalue weighted by molar-refractivity contribution is 5.99. The normalized spacial score (nSPS) is 12.5. The van der Waals surface area contributed by atoms with Crippen molar-refractivity contribution < 1.29 is 14.3 Å². The van der Waals surface area contributed by atoms with E-state index in [1.165, 1.54) is 0 Å². The molecule has 1 aliphatic rings. The molecular weight excluding hydrogens is 280 g/mol. The van der Waals surface area contributed by atoms with Crippen LogP contribution in [0.3, 0.4) is 0 Å². The number of rotatable bonds is 5. The summed E-state index contributed by atoms with van der Waals surface area (Å²) in [6.07, 6.45) is 0.397. The first-order valence-electron chi connectivity index (χ1n) is 7.07. The molecule has 0 aromatic heterocycles. The Bertz CT molecular complexity index is 698. The number of ether oxygens (including phenoxy) is 1. The van der Waals surface area contributed by atoms with E-state index in [0.717, 1.165) is 16.8 Å². The molecule has 22 heavy (non-hydrogen) atoms. The molecule has 2 amide bonds. The molecule has 0 saturated carbocycles. The van der Waals surface area contributed by atoms with Crippen molar-refractivity contribution in [2.45, 2.75) is 13.0 Å². The molecule has 0 atom stereocenters. The predicted octanol–water partition coefficient (Wildman–Crippen LogP) is 1.88. The van der Waals surface area contributed by atoms with Crippen molar-refractivity contribution >= 4 is 17.5 Å². The first-order valence-corrected chi connectivity index (χ1v) is 7.07. The summed E-state index contributed by atoms with van der Waals surface area (Å²) in [5, 5.41) is 5.58. The zero-order valence-electron chi connectivity index (χ0n) is 12.0. The molecule has 0 spiro atoms. The van der Waals surface area contributed by atoms with Gasteiger partial charge in [-0.3, -0.25) is 9.59 Å². The van der Waals surface area contributed by atoms with Gasteiger partial charge >= 0.3 is 0 Å². The van der Waals surface area contributed by atoms with Crippen LogP contribution in [0.1, 0.15) is 11.1 Å². The number of fused-ring (bicyclic) bond motifs is 1. The molecule has 112 valence electrons. The fourth-order valence-corrected chi connectivity index (χ4v) is 2.31. The van der Waals surface area contributed by atoms with Crippen molar-refractivity contribution in [1.29, 1.82) is 0 Å². The zero-order valence-corrected chi connectivity index (χ0v) is 12.0. The summed E-state index contributed by atoms with van der Waals surface area (Å²) < 4.78 is 5.38. The van der Waals surface area contributed by atoms with Crippen molar-refractivity contribution in [2.75, 3.05) is 11.9 Å². The Morgan fingerprint density at radius 3 is 2.82 bits per heavy atom. The molecule has 1 aliphatic heterocycles. The van der Waals surface area contributed by atoms with Crippen molar-refractivity contribution in [3.8, 4) is 5.75 Å². The van der Waals surface area contributed by atoms with E-state index in [-0.39, 0.29) is 18.4 Å². The molecule has 2 aromatic rings. The average molecular weight is 296 g/mol. The third-order valence-corrected chi connectivity index (χ3v) is 3.40. The number of anilines is 1. The lowest BCUT2D eigenvalue weighted by molar-refractivity contribution is -0.123. The summed E-state index contributed by atoms with van der Waals surface area (Å²) in [5.74, 6) is 0.491. The minimum Gasteiger partial charge on any atom is -0.484 e. The maximum atomic E-state index is 11.8. The Morgan fingerprint density at radius 2 is 2.00 bits per heavy atom. The standard InChI is InChI=1S/C17H16N2O3/c20-16-9-13-8-12(6-7-15(13)19-16)10-18-17(21)11-22-14-4-2-1-3-5-14/h1-8H,9-11H2,(H,18,21)(H,19,20). The van der Waals surface area contributed by atoms with Crippen molar-refractivity contribution in [1.82, 2.24) is 5.32 Å². The van der Waals surface area contributed by atoms with Crippen LogP contribution in [0.2, 0.25) is 0 Å². The fourth-order valence-electron chi connectivity index (χ4n) is 2.31. The summed E-state index contributed by atoms with van der Waals surface area (Å²) in [4.78, 5) is 23.1. The smallest absolute Gasteiger partial charge is 0.258 e. The first kappa shape index (κ1) is 14.1. The second-order valence-corrected chi connectivity index (χ2v) is 5.09. The highest BCUT2D eigenvalue weighted by Gasteiger charge is 2.17. The lowest BCUT2D eigenvalue weighted by Crippen LogP contribution is -2.28. The molecule has 3 rings (SSSR count). The molecule has 0 fully saturated rings. The minimum absolute atomic E-state index is 0.00690. The number of amides is 2. The van der Waals surface area contributed by atoms with Crippen LogP contribution in [-0.2, 0) is 22.6 Å². The Morgan fingerprint density at radius 1 is 1.18 bits per heavy atom. The number of hydrogen-bond acceptors (Lipinski definition) is 3. The Balaban J connectivity index is 1.49. The monoisotopic (exact) mass is 296 g/mol. The number of carbonyl (C=O) groups excluding carboxylic acids is 2. The number of para-hydroxylation sites is 1. The average Bonchev–Trinajstić information content (AvgIpc) is 2.91. The summed E-state index contributed by atoms with van der Waals surface area (Å²) in [6.45, 7) is 0.396. The Hall–Kier alpha value is -2.82. The zero-order chi connectivity index (χ0) is 15.4. The van der Waals surface area contributed by atoms with Crippen LogP contribution in [0.15, 0.2) is 48.5 Å². The van der Waals surface area contributed by atoms with Gasteiger partial charge < -0.3 is 15.4 Å². The van der Waals surface area contributed by atoms with Gasteiger partial charge in [0, 0.05) is 12.2 Å². The number of benzene rings is 2. The van der Waals surface area contributed by atoms with E-state index in [2.05, 4.69) is 10.6 Å². The van der Waals surface area contributed by atoms with E-state index >= 15 is 0 Å². The Labute approximate surface area is 128 Å². The molecule has 0 radical (unpaired) electrons. The summed E-state index contributed by atoms with van der Waals surface area (Å²) in [6, 6.07) is 14.9. The van der Waals surface area contributed by atoms with Gasteiger partial charge in [-0.05, 0) is 29.3 Å². The van der Waals surface area contributed by atoms with Gasteiger partial charge in [0.05, 0.1) is 6.42 Å². The van der Waals surface area contributed by atoms with Crippen LogP contribution in [0, 0.1) is 0 Å². The molecule has 0 unspecified atom stereocenters. The third-order valence-electron chi connectivity index (χ3n) is 3.40. The minimum atomic E-state index is -0.182. The van der Waals surface area contributed by atoms with Gasteiger partial charge in [0.15, 0.2) is 6.61 Å².